The summed E-state index contributed by atoms with van der Waals surface area (Å²) in [5.41, 5.74) is 6.76. The summed E-state index contributed by atoms with van der Waals surface area (Å²) >= 11 is 0. The van der Waals surface area contributed by atoms with E-state index in [4.69, 9.17) is 15.2 Å². The fourth-order valence-electron chi connectivity index (χ4n) is 2.37. The number of benzene rings is 1. The van der Waals surface area contributed by atoms with Crippen LogP contribution >= 0.6 is 0 Å². The van der Waals surface area contributed by atoms with Crippen LogP contribution in [0, 0.1) is 0 Å². The number of rotatable bonds is 4. The molecule has 0 aliphatic carbocycles. The van der Waals surface area contributed by atoms with Gasteiger partial charge in [0.15, 0.2) is 11.5 Å². The molecule has 1 aromatic heterocycles. The van der Waals surface area contributed by atoms with Crippen molar-refractivity contribution in [3.05, 3.63) is 18.0 Å². The number of hydrogen-bond donors (Lipinski definition) is 1. The van der Waals surface area contributed by atoms with Crippen LogP contribution in [0.15, 0.2) is 12.1 Å². The van der Waals surface area contributed by atoms with Crippen molar-refractivity contribution in [1.82, 2.24) is 9.55 Å². The highest BCUT2D eigenvalue weighted by Gasteiger charge is 2.19. The van der Waals surface area contributed by atoms with Crippen LogP contribution < -0.4 is 15.2 Å². The maximum atomic E-state index is 12.7. The Morgan fingerprint density at radius 2 is 1.95 bits per heavy atom. The van der Waals surface area contributed by atoms with Crippen molar-refractivity contribution < 1.29 is 18.3 Å². The monoisotopic (exact) mass is 283 g/mol. The predicted octanol–water partition coefficient (Wildman–Crippen LogP) is 1.57. The highest BCUT2D eigenvalue weighted by molar-refractivity contribution is 5.80. The molecule has 0 radical (unpaired) electrons. The number of nitrogens with zero attached hydrogens (tertiary/aromatic N) is 2. The Morgan fingerprint density at radius 3 is 2.60 bits per heavy atom. The Balaban J connectivity index is 2.13. The number of fused-ring (bicyclic) bond motifs is 2. The van der Waals surface area contributed by atoms with E-state index in [-0.39, 0.29) is 0 Å². The fraction of sp³-hybridized carbons (Fsp3) is 0.462. The van der Waals surface area contributed by atoms with E-state index < -0.39 is 13.0 Å². The molecule has 0 atom stereocenters. The minimum atomic E-state index is -2.45. The molecule has 0 unspecified atom stereocenters. The van der Waals surface area contributed by atoms with Crippen LogP contribution in [0.25, 0.3) is 11.0 Å². The van der Waals surface area contributed by atoms with Crippen molar-refractivity contribution in [3.63, 3.8) is 0 Å². The molecule has 2 N–H and O–H groups in total. The van der Waals surface area contributed by atoms with Gasteiger partial charge in [-0.2, -0.15) is 0 Å². The largest absolute Gasteiger partial charge is 0.486 e. The Kier molecular flexibility index (Phi) is 3.43. The van der Waals surface area contributed by atoms with Gasteiger partial charge in [-0.05, 0) is 6.54 Å². The summed E-state index contributed by atoms with van der Waals surface area (Å²) in [6, 6.07) is 3.44. The number of hydrogen-bond acceptors (Lipinski definition) is 4. The zero-order valence-electron chi connectivity index (χ0n) is 10.8. The quantitative estimate of drug-likeness (QED) is 0.925. The van der Waals surface area contributed by atoms with Gasteiger partial charge in [-0.3, -0.25) is 0 Å². The summed E-state index contributed by atoms with van der Waals surface area (Å²) in [7, 11) is 0. The van der Waals surface area contributed by atoms with Gasteiger partial charge >= 0.3 is 0 Å². The maximum Gasteiger partial charge on any atom is 0.256 e. The normalized spacial score (nSPS) is 14.2. The van der Waals surface area contributed by atoms with E-state index in [1.165, 1.54) is 4.57 Å². The average molecular weight is 283 g/mol. The summed E-state index contributed by atoms with van der Waals surface area (Å²) in [6.07, 6.45) is -1.99. The second-order valence-corrected chi connectivity index (χ2v) is 4.55. The molecule has 5 nitrogen and oxygen atoms in total. The van der Waals surface area contributed by atoms with Crippen LogP contribution in [-0.2, 0) is 13.0 Å². The van der Waals surface area contributed by atoms with E-state index in [0.717, 1.165) is 0 Å². The third kappa shape index (κ3) is 2.29. The zero-order chi connectivity index (χ0) is 14.1. The van der Waals surface area contributed by atoms with Gasteiger partial charge in [0, 0.05) is 18.6 Å². The molecule has 2 aromatic rings. The maximum absolute atomic E-state index is 12.7. The van der Waals surface area contributed by atoms with E-state index >= 15 is 0 Å². The minimum absolute atomic E-state index is 0.360. The Bertz CT molecular complexity index is 628. The zero-order valence-corrected chi connectivity index (χ0v) is 10.8. The molecule has 2 heterocycles. The predicted molar refractivity (Wildman–Crippen MR) is 69.5 cm³/mol. The van der Waals surface area contributed by atoms with E-state index in [2.05, 4.69) is 4.98 Å². The smallest absolute Gasteiger partial charge is 0.256 e. The van der Waals surface area contributed by atoms with Gasteiger partial charge in [0.25, 0.3) is 6.43 Å². The van der Waals surface area contributed by atoms with Gasteiger partial charge < -0.3 is 19.8 Å². The Morgan fingerprint density at radius 1 is 1.25 bits per heavy atom. The fourth-order valence-corrected chi connectivity index (χ4v) is 2.37. The van der Waals surface area contributed by atoms with E-state index in [1.54, 1.807) is 12.1 Å². The molecule has 3 rings (SSSR count). The second-order valence-electron chi connectivity index (χ2n) is 4.55. The standard InChI is InChI=1S/C13H15F2N3O2/c14-12(15)7-18-9-6-11-10(19-3-4-20-11)5-8(9)17-13(18)1-2-16/h5-6,12H,1-4,7,16H2. The van der Waals surface area contributed by atoms with Crippen molar-refractivity contribution in [2.24, 2.45) is 5.73 Å². The van der Waals surface area contributed by atoms with Gasteiger partial charge in [-0.25, -0.2) is 13.8 Å². The first-order chi connectivity index (χ1) is 9.69. The molecule has 0 fully saturated rings. The number of ether oxygens (including phenoxy) is 2. The van der Waals surface area contributed by atoms with Crippen molar-refractivity contribution in [2.75, 3.05) is 19.8 Å². The van der Waals surface area contributed by atoms with E-state index in [1.807, 2.05) is 0 Å². The van der Waals surface area contributed by atoms with Crippen molar-refractivity contribution in [3.8, 4) is 11.5 Å². The lowest BCUT2D eigenvalue weighted by Gasteiger charge is -2.18. The summed E-state index contributed by atoms with van der Waals surface area (Å²) in [5.74, 6) is 1.73. The van der Waals surface area contributed by atoms with Gasteiger partial charge in [-0.15, -0.1) is 0 Å². The summed E-state index contributed by atoms with van der Waals surface area (Å²) < 4.78 is 38.0. The lowest BCUT2D eigenvalue weighted by molar-refractivity contribution is 0.127. The second kappa shape index (κ2) is 5.24. The van der Waals surface area contributed by atoms with E-state index in [0.29, 0.717) is 54.5 Å². The summed E-state index contributed by atoms with van der Waals surface area (Å²) in [6.45, 7) is 0.897. The molecule has 0 bridgehead atoms. The average Bonchev–Trinajstić information content (AvgIpc) is 2.74. The number of aromatic nitrogens is 2. The summed E-state index contributed by atoms with van der Waals surface area (Å²) in [5, 5.41) is 0. The Hall–Kier alpha value is -1.89. The molecule has 7 heteroatoms. The SMILES string of the molecule is NCCc1nc2cc3c(cc2n1CC(F)F)OCCO3. The lowest BCUT2D eigenvalue weighted by atomic mass is 10.2. The van der Waals surface area contributed by atoms with Gasteiger partial charge in [0.05, 0.1) is 17.6 Å². The number of alkyl halides is 2. The topological polar surface area (TPSA) is 62.3 Å². The number of nitrogens with two attached hydrogens (primary N) is 1. The molecule has 1 aromatic carbocycles. The highest BCUT2D eigenvalue weighted by Crippen LogP contribution is 2.35. The van der Waals surface area contributed by atoms with Crippen molar-refractivity contribution in [1.29, 1.82) is 0 Å². The van der Waals surface area contributed by atoms with Crippen molar-refractivity contribution >= 4 is 11.0 Å². The van der Waals surface area contributed by atoms with Crippen LogP contribution in [0.2, 0.25) is 0 Å². The molecule has 0 saturated heterocycles. The first-order valence-corrected chi connectivity index (χ1v) is 6.46. The molecule has 108 valence electrons. The lowest BCUT2D eigenvalue weighted by Crippen LogP contribution is -2.16. The van der Waals surface area contributed by atoms with Gasteiger partial charge in [-0.1, -0.05) is 0 Å². The Labute approximate surface area is 114 Å². The highest BCUT2D eigenvalue weighted by atomic mass is 19.3. The number of halogens is 2. The molecule has 0 saturated carbocycles. The molecule has 0 spiro atoms. The molecule has 20 heavy (non-hydrogen) atoms. The molecular formula is C13H15F2N3O2. The molecule has 1 aliphatic rings. The third-order valence-electron chi connectivity index (χ3n) is 3.18. The van der Waals surface area contributed by atoms with Crippen molar-refractivity contribution in [2.45, 2.75) is 19.4 Å². The molecule has 1 aliphatic heterocycles. The van der Waals surface area contributed by atoms with Gasteiger partial charge in [0.2, 0.25) is 0 Å². The number of imidazole rings is 1. The van der Waals surface area contributed by atoms with Crippen LogP contribution in [0.4, 0.5) is 8.78 Å². The van der Waals surface area contributed by atoms with Crippen LogP contribution in [-0.4, -0.2) is 35.7 Å². The van der Waals surface area contributed by atoms with Crippen LogP contribution in [0.1, 0.15) is 5.82 Å². The van der Waals surface area contributed by atoms with Crippen LogP contribution in [0.5, 0.6) is 11.5 Å². The molecular weight excluding hydrogens is 268 g/mol. The van der Waals surface area contributed by atoms with Gasteiger partial charge in [0.1, 0.15) is 19.0 Å². The molecule has 0 amide bonds. The summed E-state index contributed by atoms with van der Waals surface area (Å²) in [4.78, 5) is 4.38. The van der Waals surface area contributed by atoms with E-state index in [9.17, 15) is 8.78 Å². The first kappa shape index (κ1) is 13.1. The van der Waals surface area contributed by atoms with Crippen LogP contribution in [0.3, 0.4) is 0 Å². The minimum Gasteiger partial charge on any atom is -0.486 e. The first-order valence-electron chi connectivity index (χ1n) is 6.46. The third-order valence-corrected chi connectivity index (χ3v) is 3.18.